The first kappa shape index (κ1) is 16.7. The Kier molecular flexibility index (Phi) is 6.16. The molecule has 112 valence electrons. The Morgan fingerprint density at radius 2 is 2.10 bits per heavy atom. The summed E-state index contributed by atoms with van der Waals surface area (Å²) < 4.78 is 0. The number of thiophene rings is 1. The molecule has 6 heteroatoms. The fraction of sp³-hybridized carbons (Fsp3) is 0.571. The van der Waals surface area contributed by atoms with E-state index in [1.54, 1.807) is 18.4 Å². The fourth-order valence-electron chi connectivity index (χ4n) is 1.36. The molecule has 2 amide bonds. The molecule has 5 nitrogen and oxygen atoms in total. The third-order valence-electron chi connectivity index (χ3n) is 3.31. The van der Waals surface area contributed by atoms with Crippen molar-refractivity contribution in [3.05, 3.63) is 22.4 Å². The van der Waals surface area contributed by atoms with E-state index in [0.717, 1.165) is 0 Å². The molecule has 1 aromatic rings. The first-order valence-electron chi connectivity index (χ1n) is 6.62. The highest BCUT2D eigenvalue weighted by atomic mass is 32.1. The van der Waals surface area contributed by atoms with Crippen LogP contribution in [0.25, 0.3) is 0 Å². The van der Waals surface area contributed by atoms with Gasteiger partial charge in [0.15, 0.2) is 0 Å². The van der Waals surface area contributed by atoms with Crippen LogP contribution in [0.4, 0.5) is 0 Å². The zero-order valence-electron chi connectivity index (χ0n) is 12.1. The molecular weight excluding hydrogens is 276 g/mol. The number of hydrogen-bond acceptors (Lipinski definition) is 4. The summed E-state index contributed by atoms with van der Waals surface area (Å²) in [6.45, 7) is 5.98. The molecule has 0 aliphatic carbocycles. The molecule has 0 fully saturated rings. The Balaban J connectivity index is 2.22. The standard InChI is InChI=1S/C14H22N2O3S/c1-10(2)14(3,19)9-16-12(17)4-6-15-13(18)11-5-7-20-8-11/h5,7-8,10,19H,4,6,9H2,1-3H3,(H,15,18)(H,16,17). The summed E-state index contributed by atoms with van der Waals surface area (Å²) in [7, 11) is 0. The minimum atomic E-state index is -0.921. The summed E-state index contributed by atoms with van der Waals surface area (Å²) in [5.74, 6) is -0.300. The van der Waals surface area contributed by atoms with Crippen molar-refractivity contribution in [3.63, 3.8) is 0 Å². The maximum absolute atomic E-state index is 11.6. The second-order valence-electron chi connectivity index (χ2n) is 5.31. The van der Waals surface area contributed by atoms with Crippen LogP contribution < -0.4 is 10.6 Å². The lowest BCUT2D eigenvalue weighted by molar-refractivity contribution is -0.122. The third kappa shape index (κ3) is 5.30. The summed E-state index contributed by atoms with van der Waals surface area (Å²) in [6.07, 6.45) is 0.198. The summed E-state index contributed by atoms with van der Waals surface area (Å²) in [5, 5.41) is 18.9. The number of carbonyl (C=O) groups is 2. The SMILES string of the molecule is CC(C)C(C)(O)CNC(=O)CCNC(=O)c1ccsc1. The van der Waals surface area contributed by atoms with Crippen molar-refractivity contribution in [2.24, 2.45) is 5.92 Å². The maximum Gasteiger partial charge on any atom is 0.252 e. The van der Waals surface area contributed by atoms with E-state index < -0.39 is 5.60 Å². The zero-order chi connectivity index (χ0) is 15.2. The number of rotatable bonds is 7. The minimum absolute atomic E-state index is 0.0566. The molecule has 1 heterocycles. The molecule has 0 saturated carbocycles. The van der Waals surface area contributed by atoms with Crippen LogP contribution in [0.1, 0.15) is 37.6 Å². The van der Waals surface area contributed by atoms with Crippen LogP contribution in [0, 0.1) is 5.92 Å². The molecule has 0 radical (unpaired) electrons. The number of carbonyl (C=O) groups excluding carboxylic acids is 2. The van der Waals surface area contributed by atoms with Gasteiger partial charge in [0.25, 0.3) is 5.91 Å². The van der Waals surface area contributed by atoms with Crippen molar-refractivity contribution in [2.45, 2.75) is 32.8 Å². The molecule has 0 bridgehead atoms. The average Bonchev–Trinajstić information content (AvgIpc) is 2.90. The Hall–Kier alpha value is -1.40. The first-order chi connectivity index (χ1) is 9.33. The normalized spacial score (nSPS) is 13.8. The number of nitrogens with one attached hydrogen (secondary N) is 2. The molecule has 1 atom stereocenters. The molecule has 0 spiro atoms. The number of aliphatic hydroxyl groups is 1. The van der Waals surface area contributed by atoms with E-state index in [0.29, 0.717) is 5.56 Å². The summed E-state index contributed by atoms with van der Waals surface area (Å²) >= 11 is 1.45. The van der Waals surface area contributed by atoms with Crippen molar-refractivity contribution in [1.82, 2.24) is 10.6 Å². The van der Waals surface area contributed by atoms with Gasteiger partial charge in [-0.1, -0.05) is 13.8 Å². The van der Waals surface area contributed by atoms with Crippen LogP contribution in [0.5, 0.6) is 0 Å². The van der Waals surface area contributed by atoms with Gasteiger partial charge in [-0.15, -0.1) is 0 Å². The van der Waals surface area contributed by atoms with Gasteiger partial charge in [-0.3, -0.25) is 9.59 Å². The van der Waals surface area contributed by atoms with Crippen LogP contribution in [0.15, 0.2) is 16.8 Å². The van der Waals surface area contributed by atoms with Gasteiger partial charge in [0.2, 0.25) is 5.91 Å². The monoisotopic (exact) mass is 298 g/mol. The van der Waals surface area contributed by atoms with E-state index >= 15 is 0 Å². The molecule has 20 heavy (non-hydrogen) atoms. The van der Waals surface area contributed by atoms with Crippen molar-refractivity contribution in [2.75, 3.05) is 13.1 Å². The lowest BCUT2D eigenvalue weighted by Gasteiger charge is -2.27. The molecule has 1 aromatic heterocycles. The summed E-state index contributed by atoms with van der Waals surface area (Å²) in [4.78, 5) is 23.2. The van der Waals surface area contributed by atoms with Crippen LogP contribution in [0.2, 0.25) is 0 Å². The zero-order valence-corrected chi connectivity index (χ0v) is 12.9. The van der Waals surface area contributed by atoms with Gasteiger partial charge in [0.05, 0.1) is 5.60 Å². The van der Waals surface area contributed by atoms with Crippen molar-refractivity contribution >= 4 is 23.2 Å². The van der Waals surface area contributed by atoms with Crippen LogP contribution >= 0.6 is 11.3 Å². The van der Waals surface area contributed by atoms with E-state index in [2.05, 4.69) is 10.6 Å². The van der Waals surface area contributed by atoms with Crippen LogP contribution in [-0.4, -0.2) is 35.6 Å². The van der Waals surface area contributed by atoms with Gasteiger partial charge < -0.3 is 15.7 Å². The smallest absolute Gasteiger partial charge is 0.252 e. The molecule has 0 aromatic carbocycles. The highest BCUT2D eigenvalue weighted by Gasteiger charge is 2.25. The van der Waals surface area contributed by atoms with Crippen molar-refractivity contribution in [1.29, 1.82) is 0 Å². The van der Waals surface area contributed by atoms with E-state index in [1.165, 1.54) is 11.3 Å². The molecule has 0 aliphatic rings. The van der Waals surface area contributed by atoms with Gasteiger partial charge in [-0.05, 0) is 24.3 Å². The first-order valence-corrected chi connectivity index (χ1v) is 7.56. The van der Waals surface area contributed by atoms with Gasteiger partial charge in [-0.2, -0.15) is 11.3 Å². The highest BCUT2D eigenvalue weighted by molar-refractivity contribution is 7.08. The Labute approximate surface area is 123 Å². The van der Waals surface area contributed by atoms with E-state index in [9.17, 15) is 14.7 Å². The Morgan fingerprint density at radius 3 is 2.65 bits per heavy atom. The topological polar surface area (TPSA) is 78.4 Å². The number of amides is 2. The molecule has 3 N–H and O–H groups in total. The Bertz CT molecular complexity index is 441. The van der Waals surface area contributed by atoms with Crippen LogP contribution in [0.3, 0.4) is 0 Å². The highest BCUT2D eigenvalue weighted by Crippen LogP contribution is 2.14. The average molecular weight is 298 g/mol. The van der Waals surface area contributed by atoms with Crippen molar-refractivity contribution in [3.8, 4) is 0 Å². The fourth-order valence-corrected chi connectivity index (χ4v) is 1.99. The predicted octanol–water partition coefficient (Wildman–Crippen LogP) is 1.39. The van der Waals surface area contributed by atoms with Crippen molar-refractivity contribution < 1.29 is 14.7 Å². The van der Waals surface area contributed by atoms with Crippen LogP contribution in [-0.2, 0) is 4.79 Å². The molecular formula is C14H22N2O3S. The van der Waals surface area contributed by atoms with Gasteiger partial charge >= 0.3 is 0 Å². The van der Waals surface area contributed by atoms with E-state index in [1.807, 2.05) is 19.2 Å². The summed E-state index contributed by atoms with van der Waals surface area (Å²) in [5.41, 5.74) is -0.312. The van der Waals surface area contributed by atoms with E-state index in [-0.39, 0.29) is 37.2 Å². The number of hydrogen-bond donors (Lipinski definition) is 3. The largest absolute Gasteiger partial charge is 0.388 e. The molecule has 1 unspecified atom stereocenters. The third-order valence-corrected chi connectivity index (χ3v) is 3.99. The quantitative estimate of drug-likeness (QED) is 0.712. The Morgan fingerprint density at radius 1 is 1.40 bits per heavy atom. The lowest BCUT2D eigenvalue weighted by atomic mass is 9.92. The predicted molar refractivity (Wildman–Crippen MR) is 79.7 cm³/mol. The van der Waals surface area contributed by atoms with Gasteiger partial charge in [0.1, 0.15) is 0 Å². The second kappa shape index (κ2) is 7.40. The molecule has 0 aliphatic heterocycles. The molecule has 0 saturated heterocycles. The summed E-state index contributed by atoms with van der Waals surface area (Å²) in [6, 6.07) is 1.74. The van der Waals surface area contributed by atoms with E-state index in [4.69, 9.17) is 0 Å². The maximum atomic E-state index is 11.6. The van der Waals surface area contributed by atoms with Gasteiger partial charge in [-0.25, -0.2) is 0 Å². The van der Waals surface area contributed by atoms with Gasteiger partial charge in [0, 0.05) is 30.5 Å². The lowest BCUT2D eigenvalue weighted by Crippen LogP contribution is -2.44. The second-order valence-corrected chi connectivity index (χ2v) is 6.09. The molecule has 1 rings (SSSR count). The minimum Gasteiger partial charge on any atom is -0.388 e.